The van der Waals surface area contributed by atoms with Crippen molar-refractivity contribution in [1.82, 2.24) is 25.5 Å². The molecule has 2 bridgehead atoms. The molecule has 6 rings (SSSR count). The van der Waals surface area contributed by atoms with Crippen molar-refractivity contribution in [2.45, 2.75) is 37.5 Å². The summed E-state index contributed by atoms with van der Waals surface area (Å²) in [6.07, 6.45) is 6.59. The van der Waals surface area contributed by atoms with E-state index in [-0.39, 0.29) is 0 Å². The van der Waals surface area contributed by atoms with Crippen molar-refractivity contribution >= 4 is 0 Å². The predicted molar refractivity (Wildman–Crippen MR) is 113 cm³/mol. The summed E-state index contributed by atoms with van der Waals surface area (Å²) in [5.41, 5.74) is 2.05. The van der Waals surface area contributed by atoms with Gasteiger partial charge in [-0.05, 0) is 61.6 Å². The Bertz CT molecular complexity index is 832. The van der Waals surface area contributed by atoms with Gasteiger partial charge in [0.05, 0.1) is 5.41 Å². The number of nitrogens with zero attached hydrogens (tertiary/aromatic N) is 4. The van der Waals surface area contributed by atoms with E-state index in [4.69, 9.17) is 0 Å². The van der Waals surface area contributed by atoms with Crippen molar-refractivity contribution in [3.05, 3.63) is 77.6 Å². The third-order valence-electron chi connectivity index (χ3n) is 7.06. The van der Waals surface area contributed by atoms with Gasteiger partial charge in [-0.15, -0.1) is 10.2 Å². The van der Waals surface area contributed by atoms with Crippen LogP contribution < -0.4 is 0 Å². The van der Waals surface area contributed by atoms with Crippen LogP contribution in [0, 0.1) is 11.8 Å². The van der Waals surface area contributed by atoms with Gasteiger partial charge in [0.1, 0.15) is 0 Å². The molecule has 5 nitrogen and oxygen atoms in total. The van der Waals surface area contributed by atoms with Gasteiger partial charge in [-0.3, -0.25) is 0 Å². The van der Waals surface area contributed by atoms with E-state index >= 15 is 0 Å². The molecule has 3 aliphatic rings. The van der Waals surface area contributed by atoms with Gasteiger partial charge in [-0.1, -0.05) is 65.9 Å². The fourth-order valence-electron chi connectivity index (χ4n) is 5.52. The second-order valence-corrected chi connectivity index (χ2v) is 8.77. The second-order valence-electron chi connectivity index (χ2n) is 8.77. The molecule has 2 saturated heterocycles. The molecule has 3 fully saturated rings. The van der Waals surface area contributed by atoms with Crippen LogP contribution in [0.25, 0.3) is 0 Å². The van der Waals surface area contributed by atoms with Crippen LogP contribution in [0.4, 0.5) is 0 Å². The van der Waals surface area contributed by atoms with E-state index in [1.807, 2.05) is 0 Å². The lowest BCUT2D eigenvalue weighted by Crippen LogP contribution is -2.38. The Labute approximate surface area is 172 Å². The van der Waals surface area contributed by atoms with Crippen molar-refractivity contribution in [3.8, 4) is 0 Å². The number of fused-ring (bicyclic) bond motifs is 4. The minimum absolute atomic E-state index is 0.402. The van der Waals surface area contributed by atoms with Crippen molar-refractivity contribution in [2.75, 3.05) is 19.6 Å². The van der Waals surface area contributed by atoms with Crippen LogP contribution in [-0.2, 0) is 5.41 Å². The van der Waals surface area contributed by atoms with E-state index in [0.717, 1.165) is 30.6 Å². The quantitative estimate of drug-likeness (QED) is 0.693. The number of hydrogen-bond donors (Lipinski definition) is 1. The van der Waals surface area contributed by atoms with E-state index in [1.165, 1.54) is 49.9 Å². The largest absolute Gasteiger partial charge is 0.303 e. The minimum Gasteiger partial charge on any atom is -0.303 e. The van der Waals surface area contributed by atoms with Crippen LogP contribution in [0.15, 0.2) is 60.7 Å². The molecular formula is C24H29N5. The summed E-state index contributed by atoms with van der Waals surface area (Å²) in [7, 11) is 0. The van der Waals surface area contributed by atoms with E-state index in [2.05, 4.69) is 86.2 Å². The van der Waals surface area contributed by atoms with E-state index in [0.29, 0.717) is 0 Å². The maximum absolute atomic E-state index is 4.50. The lowest BCUT2D eigenvalue weighted by atomic mass is 9.71. The Hall–Kier alpha value is -2.53. The summed E-state index contributed by atoms with van der Waals surface area (Å²) in [6, 6.07) is 21.4. The van der Waals surface area contributed by atoms with Gasteiger partial charge in [0.2, 0.25) is 0 Å². The highest BCUT2D eigenvalue weighted by Crippen LogP contribution is 2.41. The zero-order valence-electron chi connectivity index (χ0n) is 16.9. The first-order chi connectivity index (χ1) is 14.3. The third kappa shape index (κ3) is 3.60. The number of H-pyrrole nitrogens is 1. The molecular weight excluding hydrogens is 358 g/mol. The summed E-state index contributed by atoms with van der Waals surface area (Å²) >= 11 is 0. The predicted octanol–water partition coefficient (Wildman–Crippen LogP) is 4.05. The molecule has 5 heteroatoms. The van der Waals surface area contributed by atoms with Crippen molar-refractivity contribution in [2.24, 2.45) is 11.8 Å². The minimum atomic E-state index is -0.402. The Kier molecular flexibility index (Phi) is 5.15. The summed E-state index contributed by atoms with van der Waals surface area (Å²) in [5, 5.41) is 15.6. The molecule has 29 heavy (non-hydrogen) atoms. The maximum atomic E-state index is 4.50. The third-order valence-corrected chi connectivity index (χ3v) is 7.06. The molecule has 0 spiro atoms. The first-order valence-electron chi connectivity index (χ1n) is 10.9. The van der Waals surface area contributed by atoms with Crippen LogP contribution in [0.2, 0.25) is 0 Å². The molecule has 1 saturated carbocycles. The SMILES string of the molecule is c1ccc(C(CCN2CC3CCC(CC3)C2)(c2ccccc2)c2nn[nH]n2)cc1. The molecule has 1 aromatic heterocycles. The highest BCUT2D eigenvalue weighted by atomic mass is 15.5. The number of aromatic nitrogens is 4. The molecule has 0 amide bonds. The van der Waals surface area contributed by atoms with Crippen LogP contribution in [0.3, 0.4) is 0 Å². The van der Waals surface area contributed by atoms with Gasteiger partial charge in [0, 0.05) is 13.1 Å². The highest BCUT2D eigenvalue weighted by Gasteiger charge is 2.41. The Balaban J connectivity index is 1.53. The smallest absolute Gasteiger partial charge is 0.189 e. The molecule has 3 heterocycles. The number of nitrogens with one attached hydrogen (secondary N) is 1. The monoisotopic (exact) mass is 387 g/mol. The Morgan fingerprint density at radius 1 is 0.828 bits per heavy atom. The number of hydrogen-bond acceptors (Lipinski definition) is 4. The average molecular weight is 388 g/mol. The standard InChI is InChI=1S/C24H29N5/c1-3-7-21(8-4-1)24(23-25-27-28-26-23,22-9-5-2-6-10-22)15-16-29-17-19-11-12-20(18-29)14-13-19/h1-10,19-20H,11-18H2,(H,25,26,27,28). The molecule has 1 aliphatic carbocycles. The zero-order valence-corrected chi connectivity index (χ0v) is 16.9. The van der Waals surface area contributed by atoms with E-state index < -0.39 is 5.41 Å². The van der Waals surface area contributed by atoms with Crippen molar-refractivity contribution < 1.29 is 0 Å². The molecule has 2 aliphatic heterocycles. The molecule has 0 radical (unpaired) electrons. The van der Waals surface area contributed by atoms with E-state index in [9.17, 15) is 0 Å². The van der Waals surface area contributed by atoms with Crippen molar-refractivity contribution in [1.29, 1.82) is 0 Å². The lowest BCUT2D eigenvalue weighted by molar-refractivity contribution is 0.235. The Morgan fingerprint density at radius 3 is 1.86 bits per heavy atom. The average Bonchev–Trinajstić information content (AvgIpc) is 3.17. The van der Waals surface area contributed by atoms with Crippen LogP contribution in [0.5, 0.6) is 0 Å². The molecule has 1 N–H and O–H groups in total. The normalized spacial score (nSPS) is 22.5. The van der Waals surface area contributed by atoms with Crippen LogP contribution in [0.1, 0.15) is 49.1 Å². The summed E-state index contributed by atoms with van der Waals surface area (Å²) in [6.45, 7) is 3.52. The summed E-state index contributed by atoms with van der Waals surface area (Å²) < 4.78 is 0. The lowest BCUT2D eigenvalue weighted by Gasteiger charge is -2.34. The van der Waals surface area contributed by atoms with Gasteiger partial charge in [-0.25, -0.2) is 0 Å². The summed E-state index contributed by atoms with van der Waals surface area (Å²) in [5.74, 6) is 2.51. The number of benzene rings is 2. The van der Waals surface area contributed by atoms with E-state index in [1.54, 1.807) is 0 Å². The fourth-order valence-corrected chi connectivity index (χ4v) is 5.52. The summed E-state index contributed by atoms with van der Waals surface area (Å²) in [4.78, 5) is 2.70. The zero-order chi connectivity index (χ0) is 19.5. The van der Waals surface area contributed by atoms with Gasteiger partial charge in [0.15, 0.2) is 5.82 Å². The van der Waals surface area contributed by atoms with Gasteiger partial charge in [0.25, 0.3) is 0 Å². The molecule has 2 aromatic carbocycles. The van der Waals surface area contributed by atoms with Gasteiger partial charge < -0.3 is 4.90 Å². The number of tetrazole rings is 1. The number of aromatic amines is 1. The second kappa shape index (κ2) is 8.07. The molecule has 150 valence electrons. The van der Waals surface area contributed by atoms with Crippen LogP contribution >= 0.6 is 0 Å². The van der Waals surface area contributed by atoms with Gasteiger partial charge >= 0.3 is 0 Å². The Morgan fingerprint density at radius 2 is 1.38 bits per heavy atom. The molecule has 0 unspecified atom stereocenters. The van der Waals surface area contributed by atoms with Gasteiger partial charge in [-0.2, -0.15) is 5.21 Å². The van der Waals surface area contributed by atoms with Crippen molar-refractivity contribution in [3.63, 3.8) is 0 Å². The molecule has 3 aromatic rings. The molecule has 0 atom stereocenters. The topological polar surface area (TPSA) is 57.7 Å². The van der Waals surface area contributed by atoms with Crippen LogP contribution in [-0.4, -0.2) is 45.2 Å². The number of rotatable bonds is 6. The fraction of sp³-hybridized carbons (Fsp3) is 0.458. The first-order valence-corrected chi connectivity index (χ1v) is 10.9. The maximum Gasteiger partial charge on any atom is 0.189 e. The first kappa shape index (κ1) is 18.5. The highest BCUT2D eigenvalue weighted by molar-refractivity contribution is 5.45.